The molecule has 0 saturated carbocycles. The summed E-state index contributed by atoms with van der Waals surface area (Å²) in [6.45, 7) is 0.455. The fourth-order valence-corrected chi connectivity index (χ4v) is 2.98. The molecule has 2 heterocycles. The van der Waals surface area contributed by atoms with Crippen molar-refractivity contribution in [2.24, 2.45) is 0 Å². The zero-order valence-electron chi connectivity index (χ0n) is 12.3. The molecule has 1 aromatic heterocycles. The molecular formula is C14H14FN3O4S. The molecule has 0 aliphatic carbocycles. The van der Waals surface area contributed by atoms with E-state index in [1.54, 1.807) is 0 Å². The van der Waals surface area contributed by atoms with Crippen LogP contribution in [0.4, 0.5) is 4.39 Å². The maximum atomic E-state index is 13.3. The Morgan fingerprint density at radius 2 is 2.17 bits per heavy atom. The van der Waals surface area contributed by atoms with Crippen LogP contribution in [0.3, 0.4) is 0 Å². The minimum absolute atomic E-state index is 0.0766. The maximum absolute atomic E-state index is 13.3. The third kappa shape index (κ3) is 3.09. The van der Waals surface area contributed by atoms with Crippen molar-refractivity contribution in [1.82, 2.24) is 15.1 Å². The molecule has 3 rings (SSSR count). The van der Waals surface area contributed by atoms with Crippen LogP contribution in [-0.4, -0.2) is 42.2 Å². The first-order valence-electron chi connectivity index (χ1n) is 6.96. The second-order valence-corrected chi connectivity index (χ2v) is 7.24. The molecule has 1 amide bonds. The molecule has 0 spiro atoms. The summed E-state index contributed by atoms with van der Waals surface area (Å²) in [4.78, 5) is 14.0. The highest BCUT2D eigenvalue weighted by molar-refractivity contribution is 7.90. The van der Waals surface area contributed by atoms with Crippen molar-refractivity contribution in [1.29, 1.82) is 0 Å². The summed E-state index contributed by atoms with van der Waals surface area (Å²) in [7, 11) is -3.60. The molecule has 0 bridgehead atoms. The molecule has 2 aromatic rings. The average molecular weight is 339 g/mol. The quantitative estimate of drug-likeness (QED) is 0.843. The summed E-state index contributed by atoms with van der Waals surface area (Å²) < 4.78 is 41.3. The fraction of sp³-hybridized carbons (Fsp3) is 0.357. The number of benzene rings is 1. The Labute approximate surface area is 132 Å². The van der Waals surface area contributed by atoms with Crippen molar-refractivity contribution >= 4 is 15.7 Å². The van der Waals surface area contributed by atoms with Gasteiger partial charge in [0.2, 0.25) is 15.7 Å². The zero-order chi connectivity index (χ0) is 16.6. The summed E-state index contributed by atoms with van der Waals surface area (Å²) in [6, 6.07) is 4.90. The number of amides is 1. The number of carbonyl (C=O) groups is 1. The number of hydrogen-bond donors (Lipinski definition) is 0. The Morgan fingerprint density at radius 1 is 1.39 bits per heavy atom. The number of rotatable bonds is 3. The summed E-state index contributed by atoms with van der Waals surface area (Å²) in [5.41, 5.74) is 0.222. The molecule has 1 aliphatic heterocycles. The van der Waals surface area contributed by atoms with Gasteiger partial charge in [-0.15, -0.1) is 5.10 Å². The van der Waals surface area contributed by atoms with E-state index in [9.17, 15) is 17.6 Å². The topological polar surface area (TPSA) is 93.4 Å². The van der Waals surface area contributed by atoms with Gasteiger partial charge in [-0.1, -0.05) is 11.2 Å². The van der Waals surface area contributed by atoms with E-state index in [1.807, 2.05) is 0 Å². The molecule has 1 atom stereocenters. The predicted octanol–water partition coefficient (Wildman–Crippen LogP) is 1.59. The second kappa shape index (κ2) is 5.73. The van der Waals surface area contributed by atoms with Crippen LogP contribution in [0.5, 0.6) is 0 Å². The van der Waals surface area contributed by atoms with Crippen molar-refractivity contribution in [2.75, 3.05) is 12.8 Å². The van der Waals surface area contributed by atoms with Gasteiger partial charge >= 0.3 is 5.22 Å². The molecule has 1 aromatic carbocycles. The van der Waals surface area contributed by atoms with Crippen LogP contribution in [0, 0.1) is 5.82 Å². The number of halogens is 1. The largest absolute Gasteiger partial charge is 0.410 e. The molecular weight excluding hydrogens is 325 g/mol. The lowest BCUT2D eigenvalue weighted by Crippen LogP contribution is -2.30. The molecule has 1 saturated heterocycles. The smallest absolute Gasteiger partial charge is 0.335 e. The molecule has 23 heavy (non-hydrogen) atoms. The molecule has 122 valence electrons. The zero-order valence-corrected chi connectivity index (χ0v) is 13.1. The molecule has 1 aliphatic rings. The SMILES string of the molecule is CS(=O)(=O)c1nnc([C@@H]2CCCN2C(=O)c2cccc(F)c2)o1. The summed E-state index contributed by atoms with van der Waals surface area (Å²) in [5, 5.41) is 6.78. The normalized spacial score (nSPS) is 18.3. The Balaban J connectivity index is 1.88. The highest BCUT2D eigenvalue weighted by Crippen LogP contribution is 2.32. The van der Waals surface area contributed by atoms with Crippen LogP contribution >= 0.6 is 0 Å². The summed E-state index contributed by atoms with van der Waals surface area (Å²) in [6.07, 6.45) is 2.25. The Hall–Kier alpha value is -2.29. The van der Waals surface area contributed by atoms with Crippen molar-refractivity contribution in [3.8, 4) is 0 Å². The number of aromatic nitrogens is 2. The van der Waals surface area contributed by atoms with Gasteiger partial charge in [0, 0.05) is 18.4 Å². The minimum atomic E-state index is -3.60. The molecule has 1 fully saturated rings. The van der Waals surface area contributed by atoms with Gasteiger partial charge in [-0.3, -0.25) is 4.79 Å². The highest BCUT2D eigenvalue weighted by atomic mass is 32.2. The van der Waals surface area contributed by atoms with Gasteiger partial charge in [0.25, 0.3) is 5.91 Å². The third-order valence-corrected chi connectivity index (χ3v) is 4.41. The van der Waals surface area contributed by atoms with Gasteiger partial charge < -0.3 is 9.32 Å². The molecule has 9 heteroatoms. The van der Waals surface area contributed by atoms with Crippen LogP contribution < -0.4 is 0 Å². The van der Waals surface area contributed by atoms with E-state index in [4.69, 9.17) is 4.42 Å². The van der Waals surface area contributed by atoms with Gasteiger partial charge in [-0.05, 0) is 31.0 Å². The van der Waals surface area contributed by atoms with E-state index in [1.165, 1.54) is 23.1 Å². The van der Waals surface area contributed by atoms with E-state index in [2.05, 4.69) is 10.2 Å². The van der Waals surface area contributed by atoms with E-state index < -0.39 is 26.9 Å². The number of nitrogens with zero attached hydrogens (tertiary/aromatic N) is 3. The van der Waals surface area contributed by atoms with Gasteiger partial charge in [0.15, 0.2) is 0 Å². The Morgan fingerprint density at radius 3 is 2.83 bits per heavy atom. The van der Waals surface area contributed by atoms with Crippen LogP contribution in [0.2, 0.25) is 0 Å². The van der Waals surface area contributed by atoms with Gasteiger partial charge in [-0.2, -0.15) is 0 Å². The summed E-state index contributed by atoms with van der Waals surface area (Å²) >= 11 is 0. The lowest BCUT2D eigenvalue weighted by molar-refractivity contribution is 0.0712. The second-order valence-electron chi connectivity index (χ2n) is 5.35. The average Bonchev–Trinajstić information content (AvgIpc) is 3.14. The van der Waals surface area contributed by atoms with Crippen molar-refractivity contribution in [2.45, 2.75) is 24.1 Å². The lowest BCUT2D eigenvalue weighted by atomic mass is 10.1. The van der Waals surface area contributed by atoms with Crippen molar-refractivity contribution < 1.29 is 22.0 Å². The number of likely N-dealkylation sites (tertiary alicyclic amines) is 1. The van der Waals surface area contributed by atoms with Crippen LogP contribution in [0.15, 0.2) is 33.9 Å². The lowest BCUT2D eigenvalue weighted by Gasteiger charge is -2.22. The third-order valence-electron chi connectivity index (χ3n) is 3.61. The minimum Gasteiger partial charge on any atom is -0.410 e. The number of sulfone groups is 1. The molecule has 0 radical (unpaired) electrons. The van der Waals surface area contributed by atoms with E-state index >= 15 is 0 Å². The van der Waals surface area contributed by atoms with Crippen LogP contribution in [-0.2, 0) is 9.84 Å². The first-order valence-corrected chi connectivity index (χ1v) is 8.85. The number of carbonyl (C=O) groups excluding carboxylic acids is 1. The van der Waals surface area contributed by atoms with Crippen LogP contribution in [0.25, 0.3) is 0 Å². The highest BCUT2D eigenvalue weighted by Gasteiger charge is 2.35. The Bertz CT molecular complexity index is 849. The van der Waals surface area contributed by atoms with Crippen LogP contribution in [0.1, 0.15) is 35.1 Å². The molecule has 0 N–H and O–H groups in total. The van der Waals surface area contributed by atoms with Gasteiger partial charge in [0.05, 0.1) is 0 Å². The van der Waals surface area contributed by atoms with Gasteiger partial charge in [0.1, 0.15) is 11.9 Å². The van der Waals surface area contributed by atoms with Gasteiger partial charge in [-0.25, -0.2) is 12.8 Å². The molecule has 7 nitrogen and oxygen atoms in total. The standard InChI is InChI=1S/C14H14FN3O4S/c1-23(20,21)14-17-16-12(22-14)11-6-3-7-18(11)13(19)9-4-2-5-10(15)8-9/h2,4-5,8,11H,3,6-7H2,1H3/t11-/m0/s1. The fourth-order valence-electron chi connectivity index (χ4n) is 2.56. The van der Waals surface area contributed by atoms with Crippen molar-refractivity contribution in [3.63, 3.8) is 0 Å². The predicted molar refractivity (Wildman–Crippen MR) is 76.8 cm³/mol. The van der Waals surface area contributed by atoms with E-state index in [0.29, 0.717) is 19.4 Å². The van der Waals surface area contributed by atoms with E-state index in [-0.39, 0.29) is 17.4 Å². The monoisotopic (exact) mass is 339 g/mol. The van der Waals surface area contributed by atoms with E-state index in [0.717, 1.165) is 12.3 Å². The Kier molecular flexibility index (Phi) is 3.88. The maximum Gasteiger partial charge on any atom is 0.335 e. The number of hydrogen-bond acceptors (Lipinski definition) is 6. The first kappa shape index (κ1) is 15.6. The summed E-state index contributed by atoms with van der Waals surface area (Å²) in [5.74, 6) is -0.775. The first-order chi connectivity index (χ1) is 10.9. The van der Waals surface area contributed by atoms with Crippen molar-refractivity contribution in [3.05, 3.63) is 41.5 Å². The molecule has 0 unspecified atom stereocenters.